The molecule has 0 atom stereocenters. The Morgan fingerprint density at radius 1 is 1.05 bits per heavy atom. The molecule has 0 aliphatic carbocycles. The first-order valence-corrected chi connectivity index (χ1v) is 6.65. The lowest BCUT2D eigenvalue weighted by Crippen LogP contribution is -2.17. The lowest BCUT2D eigenvalue weighted by Gasteiger charge is -2.09. The highest BCUT2D eigenvalue weighted by molar-refractivity contribution is 5.33. The molecular weight excluding hydrogens is 252 g/mol. The Kier molecular flexibility index (Phi) is 5.38. The van der Waals surface area contributed by atoms with Gasteiger partial charge in [-0.3, -0.25) is 0 Å². The third-order valence-electron chi connectivity index (χ3n) is 3.10. The zero-order chi connectivity index (χ0) is 14.2. The van der Waals surface area contributed by atoms with Crippen molar-refractivity contribution in [1.82, 2.24) is 10.3 Å². The average molecular weight is 272 g/mol. The second-order valence-corrected chi connectivity index (χ2v) is 4.45. The first-order chi connectivity index (χ1) is 9.83. The molecule has 0 spiro atoms. The van der Waals surface area contributed by atoms with Crippen LogP contribution in [0.5, 0.6) is 11.6 Å². The molecule has 2 rings (SSSR count). The Labute approximate surface area is 119 Å². The second-order valence-electron chi connectivity index (χ2n) is 4.45. The molecule has 0 unspecified atom stereocenters. The van der Waals surface area contributed by atoms with Crippen LogP contribution in [0.4, 0.5) is 0 Å². The molecule has 4 heteroatoms. The van der Waals surface area contributed by atoms with Gasteiger partial charge in [-0.25, -0.2) is 4.98 Å². The fourth-order valence-corrected chi connectivity index (χ4v) is 2.00. The Morgan fingerprint density at radius 2 is 1.90 bits per heavy atom. The third kappa shape index (κ3) is 3.96. The largest absolute Gasteiger partial charge is 0.496 e. The van der Waals surface area contributed by atoms with E-state index in [2.05, 4.69) is 16.4 Å². The van der Waals surface area contributed by atoms with Crippen molar-refractivity contribution in [1.29, 1.82) is 0 Å². The van der Waals surface area contributed by atoms with Crippen molar-refractivity contribution in [2.45, 2.75) is 13.0 Å². The van der Waals surface area contributed by atoms with E-state index in [-0.39, 0.29) is 0 Å². The molecular formula is C16H20N2O2. The summed E-state index contributed by atoms with van der Waals surface area (Å²) in [5.74, 6) is 1.59. The zero-order valence-corrected chi connectivity index (χ0v) is 11.9. The predicted molar refractivity (Wildman–Crippen MR) is 79.2 cm³/mol. The van der Waals surface area contributed by atoms with E-state index < -0.39 is 0 Å². The molecule has 0 fully saturated rings. The summed E-state index contributed by atoms with van der Waals surface area (Å²) in [5, 5.41) is 3.40. The summed E-state index contributed by atoms with van der Waals surface area (Å²) in [6.07, 6.45) is 2.77. The number of rotatable bonds is 7. The molecule has 1 N–H and O–H groups in total. The van der Waals surface area contributed by atoms with Gasteiger partial charge in [-0.15, -0.1) is 0 Å². The second kappa shape index (κ2) is 7.50. The van der Waals surface area contributed by atoms with E-state index in [0.29, 0.717) is 5.88 Å². The minimum atomic E-state index is 0.641. The van der Waals surface area contributed by atoms with Gasteiger partial charge in [-0.05, 0) is 30.2 Å². The number of para-hydroxylation sites is 1. The molecule has 0 bridgehead atoms. The van der Waals surface area contributed by atoms with E-state index in [0.717, 1.165) is 30.8 Å². The molecule has 1 aromatic heterocycles. The lowest BCUT2D eigenvalue weighted by molar-refractivity contribution is 0.397. The Balaban J connectivity index is 1.78. The fourth-order valence-electron chi connectivity index (χ4n) is 2.00. The molecule has 0 saturated heterocycles. The quantitative estimate of drug-likeness (QED) is 0.786. The van der Waals surface area contributed by atoms with Gasteiger partial charge in [-0.2, -0.15) is 0 Å². The first-order valence-electron chi connectivity index (χ1n) is 6.65. The summed E-state index contributed by atoms with van der Waals surface area (Å²) in [7, 11) is 3.32. The summed E-state index contributed by atoms with van der Waals surface area (Å²) < 4.78 is 10.4. The molecule has 0 radical (unpaired) electrons. The third-order valence-corrected chi connectivity index (χ3v) is 3.10. The summed E-state index contributed by atoms with van der Waals surface area (Å²) in [6, 6.07) is 12.0. The van der Waals surface area contributed by atoms with Gasteiger partial charge in [0.05, 0.1) is 14.2 Å². The van der Waals surface area contributed by atoms with E-state index in [1.165, 1.54) is 5.56 Å². The molecule has 106 valence electrons. The number of ether oxygens (including phenoxy) is 2. The van der Waals surface area contributed by atoms with E-state index in [4.69, 9.17) is 9.47 Å². The highest BCUT2D eigenvalue weighted by atomic mass is 16.5. The van der Waals surface area contributed by atoms with Gasteiger partial charge in [0.2, 0.25) is 5.88 Å². The average Bonchev–Trinajstić information content (AvgIpc) is 2.52. The number of aromatic nitrogens is 1. The van der Waals surface area contributed by atoms with Crippen LogP contribution in [0.3, 0.4) is 0 Å². The van der Waals surface area contributed by atoms with Gasteiger partial charge in [0.25, 0.3) is 0 Å². The standard InChI is InChI=1S/C16H20N2O2/c1-19-15-6-4-3-5-14(15)9-10-17-11-13-7-8-16(20-2)18-12-13/h3-8,12,17H,9-11H2,1-2H3. The first kappa shape index (κ1) is 14.3. The summed E-state index contributed by atoms with van der Waals surface area (Å²) >= 11 is 0. The maximum absolute atomic E-state index is 5.33. The van der Waals surface area contributed by atoms with Crippen LogP contribution in [0.15, 0.2) is 42.6 Å². The van der Waals surface area contributed by atoms with Crippen LogP contribution in [-0.2, 0) is 13.0 Å². The number of pyridine rings is 1. The maximum Gasteiger partial charge on any atom is 0.212 e. The molecule has 2 aromatic rings. The SMILES string of the molecule is COc1ccc(CNCCc2ccccc2OC)cn1. The van der Waals surface area contributed by atoms with Gasteiger partial charge in [0.15, 0.2) is 0 Å². The monoisotopic (exact) mass is 272 g/mol. The van der Waals surface area contributed by atoms with Crippen molar-refractivity contribution in [3.05, 3.63) is 53.7 Å². The minimum Gasteiger partial charge on any atom is -0.496 e. The molecule has 0 aliphatic rings. The molecule has 0 saturated carbocycles. The van der Waals surface area contributed by atoms with Gasteiger partial charge in [0.1, 0.15) is 5.75 Å². The lowest BCUT2D eigenvalue weighted by atomic mass is 10.1. The Morgan fingerprint density at radius 3 is 2.60 bits per heavy atom. The zero-order valence-electron chi connectivity index (χ0n) is 11.9. The van der Waals surface area contributed by atoms with Crippen molar-refractivity contribution < 1.29 is 9.47 Å². The molecule has 20 heavy (non-hydrogen) atoms. The molecule has 0 amide bonds. The van der Waals surface area contributed by atoms with Gasteiger partial charge < -0.3 is 14.8 Å². The summed E-state index contributed by atoms with van der Waals surface area (Å²) in [5.41, 5.74) is 2.36. The van der Waals surface area contributed by atoms with Crippen LogP contribution >= 0.6 is 0 Å². The highest BCUT2D eigenvalue weighted by Crippen LogP contribution is 2.17. The topological polar surface area (TPSA) is 43.4 Å². The van der Waals surface area contributed by atoms with Crippen LogP contribution in [-0.4, -0.2) is 25.7 Å². The number of hydrogen-bond acceptors (Lipinski definition) is 4. The molecule has 0 aliphatic heterocycles. The van der Waals surface area contributed by atoms with Crippen LogP contribution in [0.25, 0.3) is 0 Å². The van der Waals surface area contributed by atoms with Crippen molar-refractivity contribution in [3.8, 4) is 11.6 Å². The normalized spacial score (nSPS) is 10.3. The number of hydrogen-bond donors (Lipinski definition) is 1. The van der Waals surface area contributed by atoms with Crippen LogP contribution < -0.4 is 14.8 Å². The number of methoxy groups -OCH3 is 2. The van der Waals surface area contributed by atoms with E-state index in [1.54, 1.807) is 14.2 Å². The maximum atomic E-state index is 5.33. The summed E-state index contributed by atoms with van der Waals surface area (Å²) in [4.78, 5) is 4.18. The number of nitrogens with zero attached hydrogens (tertiary/aromatic N) is 1. The molecule has 1 heterocycles. The fraction of sp³-hybridized carbons (Fsp3) is 0.312. The van der Waals surface area contributed by atoms with Crippen LogP contribution in [0.2, 0.25) is 0 Å². The Bertz CT molecular complexity index is 526. The van der Waals surface area contributed by atoms with Gasteiger partial charge in [0, 0.05) is 18.8 Å². The van der Waals surface area contributed by atoms with Crippen LogP contribution in [0, 0.1) is 0 Å². The van der Waals surface area contributed by atoms with E-state index in [9.17, 15) is 0 Å². The van der Waals surface area contributed by atoms with Crippen molar-refractivity contribution in [2.24, 2.45) is 0 Å². The number of benzene rings is 1. The van der Waals surface area contributed by atoms with E-state index in [1.807, 2.05) is 36.5 Å². The van der Waals surface area contributed by atoms with E-state index >= 15 is 0 Å². The number of nitrogens with one attached hydrogen (secondary N) is 1. The van der Waals surface area contributed by atoms with Crippen molar-refractivity contribution in [3.63, 3.8) is 0 Å². The smallest absolute Gasteiger partial charge is 0.212 e. The summed E-state index contributed by atoms with van der Waals surface area (Å²) in [6.45, 7) is 1.69. The molecule has 4 nitrogen and oxygen atoms in total. The van der Waals surface area contributed by atoms with Gasteiger partial charge >= 0.3 is 0 Å². The highest BCUT2D eigenvalue weighted by Gasteiger charge is 2.01. The Hall–Kier alpha value is -2.07. The van der Waals surface area contributed by atoms with Crippen molar-refractivity contribution in [2.75, 3.05) is 20.8 Å². The van der Waals surface area contributed by atoms with Crippen LogP contribution in [0.1, 0.15) is 11.1 Å². The predicted octanol–water partition coefficient (Wildman–Crippen LogP) is 2.43. The molecule has 1 aromatic carbocycles. The minimum absolute atomic E-state index is 0.641. The van der Waals surface area contributed by atoms with Crippen molar-refractivity contribution >= 4 is 0 Å². The van der Waals surface area contributed by atoms with Gasteiger partial charge in [-0.1, -0.05) is 24.3 Å².